The van der Waals surface area contributed by atoms with Gasteiger partial charge in [-0.25, -0.2) is 0 Å². The monoisotopic (exact) mass is 213 g/mol. The first-order valence-corrected chi connectivity index (χ1v) is 5.82. The van der Waals surface area contributed by atoms with Crippen LogP contribution in [0.5, 0.6) is 0 Å². The van der Waals surface area contributed by atoms with Crippen molar-refractivity contribution in [3.8, 4) is 0 Å². The summed E-state index contributed by atoms with van der Waals surface area (Å²) in [6.07, 6.45) is 4.18. The molecule has 0 radical (unpaired) electrons. The van der Waals surface area contributed by atoms with E-state index in [1.165, 1.54) is 16.6 Å². The standard InChI is InChI=1S/C15H19N/c1-4-5-10-15(2,3)14-11-12-8-6-7-9-13(12)16-14/h4,6-9,11,16H,1,5,10H2,2-3H3. The highest BCUT2D eigenvalue weighted by Crippen LogP contribution is 2.30. The van der Waals surface area contributed by atoms with Gasteiger partial charge in [-0.05, 0) is 30.4 Å². The fourth-order valence-electron chi connectivity index (χ4n) is 2.04. The SMILES string of the molecule is C=CCCC(C)(C)c1cc2ccccc2[nH]1. The first-order valence-electron chi connectivity index (χ1n) is 5.82. The molecule has 0 fully saturated rings. The van der Waals surface area contributed by atoms with Crippen molar-refractivity contribution in [2.75, 3.05) is 0 Å². The van der Waals surface area contributed by atoms with Crippen molar-refractivity contribution in [1.29, 1.82) is 0 Å². The van der Waals surface area contributed by atoms with Gasteiger partial charge in [0, 0.05) is 16.6 Å². The summed E-state index contributed by atoms with van der Waals surface area (Å²) in [4.78, 5) is 3.51. The van der Waals surface area contributed by atoms with Gasteiger partial charge in [-0.1, -0.05) is 38.1 Å². The largest absolute Gasteiger partial charge is 0.358 e. The Morgan fingerprint density at radius 3 is 2.75 bits per heavy atom. The second kappa shape index (κ2) is 4.17. The Hall–Kier alpha value is -1.50. The van der Waals surface area contributed by atoms with Gasteiger partial charge in [0.1, 0.15) is 0 Å². The van der Waals surface area contributed by atoms with E-state index in [2.05, 4.69) is 55.7 Å². The Morgan fingerprint density at radius 2 is 2.06 bits per heavy atom. The van der Waals surface area contributed by atoms with Crippen LogP contribution in [0.25, 0.3) is 10.9 Å². The normalized spacial score (nSPS) is 11.9. The van der Waals surface area contributed by atoms with E-state index in [0.717, 1.165) is 12.8 Å². The topological polar surface area (TPSA) is 15.8 Å². The van der Waals surface area contributed by atoms with Crippen LogP contribution in [-0.4, -0.2) is 4.98 Å². The van der Waals surface area contributed by atoms with Gasteiger partial charge in [0.25, 0.3) is 0 Å². The molecule has 2 aromatic rings. The number of fused-ring (bicyclic) bond motifs is 1. The molecule has 1 N–H and O–H groups in total. The maximum Gasteiger partial charge on any atom is 0.0456 e. The smallest absolute Gasteiger partial charge is 0.0456 e. The molecular weight excluding hydrogens is 194 g/mol. The molecule has 1 heterocycles. The third-order valence-corrected chi connectivity index (χ3v) is 3.23. The van der Waals surface area contributed by atoms with Gasteiger partial charge in [0.15, 0.2) is 0 Å². The molecule has 0 atom stereocenters. The Kier molecular flexibility index (Phi) is 2.86. The number of para-hydroxylation sites is 1. The third kappa shape index (κ3) is 2.04. The zero-order valence-corrected chi connectivity index (χ0v) is 10.1. The van der Waals surface area contributed by atoms with E-state index in [0.29, 0.717) is 0 Å². The summed E-state index contributed by atoms with van der Waals surface area (Å²) < 4.78 is 0. The number of aromatic nitrogens is 1. The second-order valence-corrected chi connectivity index (χ2v) is 4.98. The van der Waals surface area contributed by atoms with E-state index in [4.69, 9.17) is 0 Å². The van der Waals surface area contributed by atoms with Gasteiger partial charge in [0.2, 0.25) is 0 Å². The maximum atomic E-state index is 3.79. The van der Waals surface area contributed by atoms with E-state index >= 15 is 0 Å². The van der Waals surface area contributed by atoms with Crippen LogP contribution in [0.3, 0.4) is 0 Å². The number of hydrogen-bond donors (Lipinski definition) is 1. The van der Waals surface area contributed by atoms with E-state index in [9.17, 15) is 0 Å². The minimum atomic E-state index is 0.188. The van der Waals surface area contributed by atoms with Crippen molar-refractivity contribution in [3.05, 3.63) is 48.7 Å². The highest BCUT2D eigenvalue weighted by atomic mass is 14.7. The van der Waals surface area contributed by atoms with Crippen LogP contribution >= 0.6 is 0 Å². The van der Waals surface area contributed by atoms with E-state index in [1.807, 2.05) is 6.08 Å². The van der Waals surface area contributed by atoms with Gasteiger partial charge in [-0.3, -0.25) is 0 Å². The molecule has 0 spiro atoms. The fraction of sp³-hybridized carbons (Fsp3) is 0.333. The summed E-state index contributed by atoms with van der Waals surface area (Å²) in [5, 5.41) is 1.30. The lowest BCUT2D eigenvalue weighted by Crippen LogP contribution is -2.16. The predicted molar refractivity (Wildman–Crippen MR) is 70.8 cm³/mol. The quantitative estimate of drug-likeness (QED) is 0.724. The Morgan fingerprint density at radius 1 is 1.31 bits per heavy atom. The minimum absolute atomic E-state index is 0.188. The van der Waals surface area contributed by atoms with Gasteiger partial charge in [0.05, 0.1) is 0 Å². The van der Waals surface area contributed by atoms with Crippen LogP contribution in [0, 0.1) is 0 Å². The average Bonchev–Trinajstić information content (AvgIpc) is 2.71. The summed E-state index contributed by atoms with van der Waals surface area (Å²) in [5.74, 6) is 0. The van der Waals surface area contributed by atoms with Gasteiger partial charge in [-0.15, -0.1) is 6.58 Å². The molecule has 84 valence electrons. The minimum Gasteiger partial charge on any atom is -0.358 e. The van der Waals surface area contributed by atoms with Crippen molar-refractivity contribution in [1.82, 2.24) is 4.98 Å². The first-order chi connectivity index (χ1) is 7.63. The highest BCUT2D eigenvalue weighted by molar-refractivity contribution is 5.80. The van der Waals surface area contributed by atoms with Gasteiger partial charge in [-0.2, -0.15) is 0 Å². The molecule has 0 aliphatic rings. The van der Waals surface area contributed by atoms with Crippen LogP contribution in [-0.2, 0) is 5.41 Å². The van der Waals surface area contributed by atoms with Crippen LogP contribution in [0.2, 0.25) is 0 Å². The summed E-state index contributed by atoms with van der Waals surface area (Å²) >= 11 is 0. The summed E-state index contributed by atoms with van der Waals surface area (Å²) in [6, 6.07) is 10.7. The summed E-state index contributed by atoms with van der Waals surface area (Å²) in [7, 11) is 0. The molecule has 0 saturated heterocycles. The van der Waals surface area contributed by atoms with Crippen LogP contribution in [0.4, 0.5) is 0 Å². The van der Waals surface area contributed by atoms with Crippen LogP contribution < -0.4 is 0 Å². The fourth-order valence-corrected chi connectivity index (χ4v) is 2.04. The number of aromatic amines is 1. The molecule has 0 unspecified atom stereocenters. The van der Waals surface area contributed by atoms with Crippen molar-refractivity contribution >= 4 is 10.9 Å². The zero-order valence-electron chi connectivity index (χ0n) is 10.1. The molecule has 0 saturated carbocycles. The van der Waals surface area contributed by atoms with Gasteiger partial charge >= 0.3 is 0 Å². The highest BCUT2D eigenvalue weighted by Gasteiger charge is 2.21. The lowest BCUT2D eigenvalue weighted by molar-refractivity contribution is 0.474. The zero-order chi connectivity index (χ0) is 11.6. The van der Waals surface area contributed by atoms with Crippen molar-refractivity contribution < 1.29 is 0 Å². The molecule has 2 rings (SSSR count). The molecule has 1 nitrogen and oxygen atoms in total. The molecule has 0 bridgehead atoms. The van der Waals surface area contributed by atoms with Crippen LogP contribution in [0.15, 0.2) is 43.0 Å². The summed E-state index contributed by atoms with van der Waals surface area (Å²) in [5.41, 5.74) is 2.73. The van der Waals surface area contributed by atoms with E-state index in [1.54, 1.807) is 0 Å². The lowest BCUT2D eigenvalue weighted by atomic mass is 9.84. The van der Waals surface area contributed by atoms with E-state index in [-0.39, 0.29) is 5.41 Å². The van der Waals surface area contributed by atoms with Crippen molar-refractivity contribution in [2.45, 2.75) is 32.1 Å². The molecule has 1 heteroatoms. The Labute approximate surface area is 97.2 Å². The number of nitrogens with one attached hydrogen (secondary N) is 1. The molecule has 0 aliphatic carbocycles. The van der Waals surface area contributed by atoms with E-state index < -0.39 is 0 Å². The molecule has 1 aromatic heterocycles. The predicted octanol–water partition coefficient (Wildman–Crippen LogP) is 4.41. The number of rotatable bonds is 4. The molecule has 1 aromatic carbocycles. The third-order valence-electron chi connectivity index (χ3n) is 3.23. The average molecular weight is 213 g/mol. The lowest BCUT2D eigenvalue weighted by Gasteiger charge is -2.22. The number of H-pyrrole nitrogens is 1. The number of hydrogen-bond acceptors (Lipinski definition) is 0. The Balaban J connectivity index is 2.35. The van der Waals surface area contributed by atoms with Crippen molar-refractivity contribution in [2.24, 2.45) is 0 Å². The summed E-state index contributed by atoms with van der Waals surface area (Å²) in [6.45, 7) is 8.35. The number of allylic oxidation sites excluding steroid dienone is 1. The maximum absolute atomic E-state index is 3.79. The van der Waals surface area contributed by atoms with Crippen LogP contribution in [0.1, 0.15) is 32.4 Å². The second-order valence-electron chi connectivity index (χ2n) is 4.98. The van der Waals surface area contributed by atoms with Gasteiger partial charge < -0.3 is 4.98 Å². The Bertz CT molecular complexity index is 458. The molecular formula is C15H19N. The first kappa shape index (κ1) is 11.0. The molecule has 16 heavy (non-hydrogen) atoms. The number of benzene rings is 1. The molecule has 0 aliphatic heterocycles. The molecule has 0 amide bonds. The van der Waals surface area contributed by atoms with Crippen molar-refractivity contribution in [3.63, 3.8) is 0 Å².